The van der Waals surface area contributed by atoms with Crippen molar-refractivity contribution < 1.29 is 19.1 Å². The largest absolute Gasteiger partial charge is 0.450 e. The van der Waals surface area contributed by atoms with Gasteiger partial charge in [0.05, 0.1) is 18.7 Å². The Labute approximate surface area is 166 Å². The molecule has 0 saturated carbocycles. The van der Waals surface area contributed by atoms with Crippen LogP contribution >= 0.6 is 11.3 Å². The summed E-state index contributed by atoms with van der Waals surface area (Å²) in [6.07, 6.45) is 3.19. The van der Waals surface area contributed by atoms with Gasteiger partial charge >= 0.3 is 6.09 Å². The standard InChI is InChI=1S/C20H21N3O4S/c1-2-27-20(26)23-11-10-14-15(12-23)28-19(17(14)18(21)25)22-16(24)9-8-13-6-4-3-5-7-13/h3-9H,2,10-12H2,1H3,(H2,21,25)(H,22,24)/b9-8+. The van der Waals surface area contributed by atoms with Crippen molar-refractivity contribution >= 4 is 40.3 Å². The van der Waals surface area contributed by atoms with E-state index in [4.69, 9.17) is 10.5 Å². The van der Waals surface area contributed by atoms with Gasteiger partial charge in [0, 0.05) is 17.5 Å². The monoisotopic (exact) mass is 399 g/mol. The molecule has 3 amide bonds. The van der Waals surface area contributed by atoms with Crippen molar-refractivity contribution in [3.63, 3.8) is 0 Å². The maximum Gasteiger partial charge on any atom is 0.410 e. The van der Waals surface area contributed by atoms with Crippen molar-refractivity contribution in [1.29, 1.82) is 0 Å². The van der Waals surface area contributed by atoms with E-state index in [0.29, 0.717) is 36.7 Å². The summed E-state index contributed by atoms with van der Waals surface area (Å²) >= 11 is 1.26. The van der Waals surface area contributed by atoms with Crippen LogP contribution in [-0.2, 0) is 22.5 Å². The van der Waals surface area contributed by atoms with Gasteiger partial charge in [0.2, 0.25) is 5.91 Å². The number of carbonyl (C=O) groups is 3. The van der Waals surface area contributed by atoms with E-state index in [1.165, 1.54) is 17.4 Å². The SMILES string of the molecule is CCOC(=O)N1CCc2c(sc(NC(=O)/C=C/c3ccccc3)c2C(N)=O)C1. The Morgan fingerprint density at radius 2 is 2.04 bits per heavy atom. The van der Waals surface area contributed by atoms with E-state index in [2.05, 4.69) is 5.32 Å². The maximum atomic E-state index is 12.3. The van der Waals surface area contributed by atoms with Crippen LogP contribution < -0.4 is 11.1 Å². The smallest absolute Gasteiger partial charge is 0.410 e. The summed E-state index contributed by atoms with van der Waals surface area (Å²) in [5.74, 6) is -0.948. The molecule has 3 N–H and O–H groups in total. The van der Waals surface area contributed by atoms with Gasteiger partial charge < -0.3 is 20.7 Å². The lowest BCUT2D eigenvalue weighted by Crippen LogP contribution is -2.36. The Morgan fingerprint density at radius 1 is 1.29 bits per heavy atom. The first kappa shape index (κ1) is 19.6. The van der Waals surface area contributed by atoms with Gasteiger partial charge in [-0.2, -0.15) is 0 Å². The predicted octanol–water partition coefficient (Wildman–Crippen LogP) is 3.01. The zero-order valence-electron chi connectivity index (χ0n) is 15.4. The fourth-order valence-electron chi connectivity index (χ4n) is 3.01. The van der Waals surface area contributed by atoms with Gasteiger partial charge in [-0.15, -0.1) is 11.3 Å². The molecule has 1 aliphatic rings. The summed E-state index contributed by atoms with van der Waals surface area (Å²) in [6.45, 7) is 2.81. The van der Waals surface area contributed by atoms with Gasteiger partial charge in [-0.3, -0.25) is 9.59 Å². The van der Waals surface area contributed by atoms with Crippen LogP contribution in [0.3, 0.4) is 0 Å². The molecule has 0 aliphatic carbocycles. The normalized spacial score (nSPS) is 13.2. The molecule has 2 aromatic rings. The summed E-state index contributed by atoms with van der Waals surface area (Å²) in [6, 6.07) is 9.42. The van der Waals surface area contributed by atoms with Crippen LogP contribution in [0.2, 0.25) is 0 Å². The van der Waals surface area contributed by atoms with E-state index < -0.39 is 12.0 Å². The number of ether oxygens (including phenoxy) is 1. The molecule has 7 nitrogen and oxygen atoms in total. The third-order valence-corrected chi connectivity index (χ3v) is 5.42. The topological polar surface area (TPSA) is 102 Å². The molecule has 0 unspecified atom stereocenters. The molecule has 0 radical (unpaired) electrons. The lowest BCUT2D eigenvalue weighted by atomic mass is 10.0. The van der Waals surface area contributed by atoms with Crippen LogP contribution in [0.4, 0.5) is 9.80 Å². The number of thiophene rings is 1. The second-order valence-electron chi connectivity index (χ2n) is 6.18. The molecule has 1 aliphatic heterocycles. The Balaban J connectivity index is 1.78. The van der Waals surface area contributed by atoms with Crippen molar-refractivity contribution in [3.05, 3.63) is 58.0 Å². The van der Waals surface area contributed by atoms with Crippen LogP contribution in [0.1, 0.15) is 33.3 Å². The summed E-state index contributed by atoms with van der Waals surface area (Å²) < 4.78 is 5.04. The van der Waals surface area contributed by atoms with Crippen LogP contribution in [-0.4, -0.2) is 36.0 Å². The summed E-state index contributed by atoms with van der Waals surface area (Å²) in [5.41, 5.74) is 7.57. The average Bonchev–Trinajstić information content (AvgIpc) is 3.04. The van der Waals surface area contributed by atoms with Crippen molar-refractivity contribution in [2.24, 2.45) is 5.73 Å². The highest BCUT2D eigenvalue weighted by atomic mass is 32.1. The minimum absolute atomic E-state index is 0.300. The third kappa shape index (κ3) is 4.40. The predicted molar refractivity (Wildman–Crippen MR) is 108 cm³/mol. The minimum Gasteiger partial charge on any atom is -0.450 e. The molecule has 2 heterocycles. The number of primary amides is 1. The van der Waals surface area contributed by atoms with E-state index in [9.17, 15) is 14.4 Å². The van der Waals surface area contributed by atoms with Gasteiger partial charge in [-0.25, -0.2) is 4.79 Å². The molecular weight excluding hydrogens is 378 g/mol. The van der Waals surface area contributed by atoms with E-state index in [1.54, 1.807) is 17.9 Å². The van der Waals surface area contributed by atoms with Gasteiger partial charge in [0.1, 0.15) is 5.00 Å². The zero-order chi connectivity index (χ0) is 20.1. The number of hydrogen-bond donors (Lipinski definition) is 2. The molecule has 0 saturated heterocycles. The first-order valence-electron chi connectivity index (χ1n) is 8.89. The van der Waals surface area contributed by atoms with Crippen LogP contribution in [0.15, 0.2) is 36.4 Å². The lowest BCUT2D eigenvalue weighted by Gasteiger charge is -2.26. The van der Waals surface area contributed by atoms with Crippen LogP contribution in [0, 0.1) is 0 Å². The number of benzene rings is 1. The van der Waals surface area contributed by atoms with E-state index >= 15 is 0 Å². The van der Waals surface area contributed by atoms with Gasteiger partial charge in [-0.1, -0.05) is 30.3 Å². The minimum atomic E-state index is -0.593. The number of carbonyl (C=O) groups excluding carboxylic acids is 3. The molecule has 0 atom stereocenters. The number of nitrogens with one attached hydrogen (secondary N) is 1. The molecule has 8 heteroatoms. The molecule has 1 aromatic heterocycles. The van der Waals surface area contributed by atoms with Crippen molar-refractivity contribution in [2.45, 2.75) is 19.9 Å². The van der Waals surface area contributed by atoms with Crippen LogP contribution in [0.25, 0.3) is 6.08 Å². The molecule has 28 heavy (non-hydrogen) atoms. The molecule has 146 valence electrons. The average molecular weight is 399 g/mol. The number of hydrogen-bond acceptors (Lipinski definition) is 5. The highest BCUT2D eigenvalue weighted by Gasteiger charge is 2.29. The second kappa shape index (κ2) is 8.71. The second-order valence-corrected chi connectivity index (χ2v) is 7.28. The van der Waals surface area contributed by atoms with E-state index in [0.717, 1.165) is 16.0 Å². The quantitative estimate of drug-likeness (QED) is 0.755. The highest BCUT2D eigenvalue weighted by Crippen LogP contribution is 2.37. The maximum absolute atomic E-state index is 12.3. The molecule has 0 spiro atoms. The highest BCUT2D eigenvalue weighted by molar-refractivity contribution is 7.17. The van der Waals surface area contributed by atoms with Crippen molar-refractivity contribution in [3.8, 4) is 0 Å². The fourth-order valence-corrected chi connectivity index (χ4v) is 4.28. The van der Waals surface area contributed by atoms with Gasteiger partial charge in [0.25, 0.3) is 5.91 Å². The lowest BCUT2D eigenvalue weighted by molar-refractivity contribution is -0.111. The first-order valence-corrected chi connectivity index (χ1v) is 9.71. The molecular formula is C20H21N3O4S. The summed E-state index contributed by atoms with van der Waals surface area (Å²) in [5, 5.41) is 3.15. The number of amides is 3. The third-order valence-electron chi connectivity index (χ3n) is 4.29. The van der Waals surface area contributed by atoms with Gasteiger partial charge in [0.15, 0.2) is 0 Å². The zero-order valence-corrected chi connectivity index (χ0v) is 16.3. The Morgan fingerprint density at radius 3 is 2.71 bits per heavy atom. The van der Waals surface area contributed by atoms with E-state index in [-0.39, 0.29) is 5.91 Å². The fraction of sp³-hybridized carbons (Fsp3) is 0.250. The first-order chi connectivity index (χ1) is 13.5. The van der Waals surface area contributed by atoms with Crippen molar-refractivity contribution in [1.82, 2.24) is 4.90 Å². The van der Waals surface area contributed by atoms with E-state index in [1.807, 2.05) is 30.3 Å². The number of nitrogens with two attached hydrogens (primary N) is 1. The number of nitrogens with zero attached hydrogens (tertiary/aromatic N) is 1. The summed E-state index contributed by atoms with van der Waals surface area (Å²) in [7, 11) is 0. The van der Waals surface area contributed by atoms with Gasteiger partial charge in [-0.05, 0) is 30.5 Å². The Hall–Kier alpha value is -3.13. The number of anilines is 1. The Bertz CT molecular complexity index is 921. The Kier molecular flexibility index (Phi) is 6.10. The summed E-state index contributed by atoms with van der Waals surface area (Å²) in [4.78, 5) is 38.7. The number of fused-ring (bicyclic) bond motifs is 1. The molecule has 0 bridgehead atoms. The van der Waals surface area contributed by atoms with Crippen LogP contribution in [0.5, 0.6) is 0 Å². The van der Waals surface area contributed by atoms with Crippen molar-refractivity contribution in [2.75, 3.05) is 18.5 Å². The molecule has 0 fully saturated rings. The molecule has 3 rings (SSSR count). The number of rotatable bonds is 5. The molecule has 1 aromatic carbocycles.